The van der Waals surface area contributed by atoms with Gasteiger partial charge in [-0.2, -0.15) is 0 Å². The zero-order valence-corrected chi connectivity index (χ0v) is 11.6. The number of carbonyl (C=O) groups excluding carboxylic acids is 1. The summed E-state index contributed by atoms with van der Waals surface area (Å²) in [7, 11) is 0. The Bertz CT molecular complexity index is 636. The molecule has 0 unspecified atom stereocenters. The van der Waals surface area contributed by atoms with Gasteiger partial charge in [0.15, 0.2) is 6.29 Å². The van der Waals surface area contributed by atoms with Crippen molar-refractivity contribution in [3.8, 4) is 0 Å². The summed E-state index contributed by atoms with van der Waals surface area (Å²) in [5, 5.41) is 0. The van der Waals surface area contributed by atoms with Gasteiger partial charge in [0, 0.05) is 5.57 Å². The molecule has 0 aromatic heterocycles. The van der Waals surface area contributed by atoms with Crippen molar-refractivity contribution < 1.29 is 4.79 Å². The lowest BCUT2D eigenvalue weighted by Crippen LogP contribution is -1.91. The summed E-state index contributed by atoms with van der Waals surface area (Å²) in [6, 6.07) is 14.3. The molecule has 0 heterocycles. The van der Waals surface area contributed by atoms with E-state index < -0.39 is 0 Å². The number of hydrogen-bond donors (Lipinski definition) is 0. The van der Waals surface area contributed by atoms with Crippen LogP contribution in [-0.4, -0.2) is 6.29 Å². The predicted octanol–water partition coefficient (Wildman–Crippen LogP) is 4.35. The third-order valence-electron chi connectivity index (χ3n) is 3.20. The van der Waals surface area contributed by atoms with Gasteiger partial charge in [-0.25, -0.2) is 0 Å². The van der Waals surface area contributed by atoms with E-state index in [1.54, 1.807) is 0 Å². The van der Waals surface area contributed by atoms with Crippen molar-refractivity contribution in [2.75, 3.05) is 0 Å². The highest BCUT2D eigenvalue weighted by Crippen LogP contribution is 2.21. The summed E-state index contributed by atoms with van der Waals surface area (Å²) in [4.78, 5) is 11.4. The van der Waals surface area contributed by atoms with Crippen LogP contribution in [0.1, 0.15) is 27.8 Å². The Balaban J connectivity index is 2.50. The largest absolute Gasteiger partial charge is 0.298 e. The molecule has 2 rings (SSSR count). The van der Waals surface area contributed by atoms with E-state index in [-0.39, 0.29) is 0 Å². The van der Waals surface area contributed by atoms with Gasteiger partial charge in [-0.05, 0) is 43.5 Å². The molecule has 0 fully saturated rings. The lowest BCUT2D eigenvalue weighted by atomic mass is 9.97. The van der Waals surface area contributed by atoms with Crippen LogP contribution in [0, 0.1) is 20.8 Å². The second-order valence-corrected chi connectivity index (χ2v) is 4.95. The fraction of sp³-hybridized carbons (Fsp3) is 0.167. The molecule has 0 saturated carbocycles. The Kier molecular flexibility index (Phi) is 3.96. The minimum atomic E-state index is 0.729. The number of hydrogen-bond acceptors (Lipinski definition) is 1. The summed E-state index contributed by atoms with van der Waals surface area (Å²) in [6.45, 7) is 6.12. The molecular formula is C18H18O. The average molecular weight is 250 g/mol. The van der Waals surface area contributed by atoms with Crippen LogP contribution in [-0.2, 0) is 4.79 Å². The topological polar surface area (TPSA) is 17.1 Å². The highest BCUT2D eigenvalue weighted by Gasteiger charge is 2.05. The Morgan fingerprint density at radius 2 is 1.68 bits per heavy atom. The molecule has 1 nitrogen and oxygen atoms in total. The van der Waals surface area contributed by atoms with Gasteiger partial charge in [0.1, 0.15) is 0 Å². The van der Waals surface area contributed by atoms with E-state index in [1.165, 1.54) is 5.56 Å². The maximum absolute atomic E-state index is 11.4. The molecule has 19 heavy (non-hydrogen) atoms. The predicted molar refractivity (Wildman–Crippen MR) is 81.0 cm³/mol. The van der Waals surface area contributed by atoms with Crippen molar-refractivity contribution in [1.29, 1.82) is 0 Å². The van der Waals surface area contributed by atoms with Gasteiger partial charge in [0.2, 0.25) is 0 Å². The third kappa shape index (κ3) is 3.19. The van der Waals surface area contributed by atoms with Crippen LogP contribution < -0.4 is 0 Å². The van der Waals surface area contributed by atoms with E-state index in [0.29, 0.717) is 0 Å². The first-order valence-corrected chi connectivity index (χ1v) is 6.41. The molecule has 0 spiro atoms. The molecule has 2 aromatic carbocycles. The van der Waals surface area contributed by atoms with Crippen LogP contribution in [0.2, 0.25) is 0 Å². The summed E-state index contributed by atoms with van der Waals surface area (Å²) in [5.74, 6) is 0. The highest BCUT2D eigenvalue weighted by atomic mass is 16.1. The molecule has 1 heteroatoms. The first kappa shape index (κ1) is 13.3. The lowest BCUT2D eigenvalue weighted by Gasteiger charge is -2.07. The molecule has 0 aliphatic heterocycles. The fourth-order valence-electron chi connectivity index (χ4n) is 2.16. The Morgan fingerprint density at radius 3 is 2.37 bits per heavy atom. The van der Waals surface area contributed by atoms with Gasteiger partial charge >= 0.3 is 0 Å². The normalized spacial score (nSPS) is 11.4. The van der Waals surface area contributed by atoms with Gasteiger partial charge in [-0.1, -0.05) is 53.6 Å². The zero-order valence-electron chi connectivity index (χ0n) is 11.6. The number of aryl methyl sites for hydroxylation is 3. The second-order valence-electron chi connectivity index (χ2n) is 4.95. The Hall–Kier alpha value is -2.15. The molecule has 0 saturated heterocycles. The molecule has 0 N–H and O–H groups in total. The summed E-state index contributed by atoms with van der Waals surface area (Å²) >= 11 is 0. The molecule has 0 aliphatic carbocycles. The van der Waals surface area contributed by atoms with Crippen molar-refractivity contribution in [2.45, 2.75) is 20.8 Å². The lowest BCUT2D eigenvalue weighted by molar-refractivity contribution is -0.103. The fourth-order valence-corrected chi connectivity index (χ4v) is 2.16. The van der Waals surface area contributed by atoms with E-state index >= 15 is 0 Å². The van der Waals surface area contributed by atoms with Crippen LogP contribution in [0.4, 0.5) is 0 Å². The van der Waals surface area contributed by atoms with Crippen LogP contribution in [0.15, 0.2) is 42.5 Å². The van der Waals surface area contributed by atoms with Gasteiger partial charge in [0.05, 0.1) is 0 Å². The molecule has 0 aliphatic rings. The second kappa shape index (κ2) is 5.66. The van der Waals surface area contributed by atoms with Crippen molar-refractivity contribution in [1.82, 2.24) is 0 Å². The van der Waals surface area contributed by atoms with Gasteiger partial charge in [-0.15, -0.1) is 0 Å². The third-order valence-corrected chi connectivity index (χ3v) is 3.20. The average Bonchev–Trinajstić information content (AvgIpc) is 2.39. The van der Waals surface area contributed by atoms with Crippen molar-refractivity contribution in [2.24, 2.45) is 0 Å². The number of rotatable bonds is 3. The number of aldehydes is 1. The first-order chi connectivity index (χ1) is 9.10. The van der Waals surface area contributed by atoms with Crippen molar-refractivity contribution in [3.63, 3.8) is 0 Å². The van der Waals surface area contributed by atoms with E-state index in [1.807, 2.05) is 32.1 Å². The summed E-state index contributed by atoms with van der Waals surface area (Å²) in [5.41, 5.74) is 6.28. The summed E-state index contributed by atoms with van der Waals surface area (Å²) in [6.07, 6.45) is 2.88. The van der Waals surface area contributed by atoms with E-state index in [4.69, 9.17) is 0 Å². The number of benzene rings is 2. The van der Waals surface area contributed by atoms with E-state index in [2.05, 4.69) is 37.3 Å². The SMILES string of the molecule is Cc1cccc(/C=C(/C=O)c2cc(C)ccc2C)c1. The molecule has 0 radical (unpaired) electrons. The monoisotopic (exact) mass is 250 g/mol. The van der Waals surface area contributed by atoms with Crippen molar-refractivity contribution in [3.05, 3.63) is 70.3 Å². The molecule has 0 amide bonds. The van der Waals surface area contributed by atoms with Crippen LogP contribution >= 0.6 is 0 Å². The van der Waals surface area contributed by atoms with Gasteiger partial charge in [-0.3, -0.25) is 4.79 Å². The standard InChI is InChI=1S/C18H18O/c1-13-5-4-6-16(9-13)11-17(12-19)18-10-14(2)7-8-15(18)3/h4-12H,1-3H3/b17-11-. The molecule has 2 aromatic rings. The minimum absolute atomic E-state index is 0.729. The highest BCUT2D eigenvalue weighted by molar-refractivity contribution is 6.13. The maximum atomic E-state index is 11.4. The quantitative estimate of drug-likeness (QED) is 0.449. The van der Waals surface area contributed by atoms with Gasteiger partial charge in [0.25, 0.3) is 0 Å². The molecule has 0 atom stereocenters. The number of allylic oxidation sites excluding steroid dienone is 1. The number of carbonyl (C=O) groups is 1. The van der Waals surface area contributed by atoms with Gasteiger partial charge < -0.3 is 0 Å². The van der Waals surface area contributed by atoms with E-state index in [9.17, 15) is 4.79 Å². The van der Waals surface area contributed by atoms with Crippen LogP contribution in [0.25, 0.3) is 11.6 Å². The summed E-state index contributed by atoms with van der Waals surface area (Å²) < 4.78 is 0. The smallest absolute Gasteiger partial charge is 0.150 e. The maximum Gasteiger partial charge on any atom is 0.150 e. The van der Waals surface area contributed by atoms with Crippen molar-refractivity contribution >= 4 is 17.9 Å². The van der Waals surface area contributed by atoms with E-state index in [0.717, 1.165) is 34.1 Å². The minimum Gasteiger partial charge on any atom is -0.298 e. The Morgan fingerprint density at radius 1 is 0.947 bits per heavy atom. The Labute approximate surface area is 114 Å². The van der Waals surface area contributed by atoms with Crippen LogP contribution in [0.5, 0.6) is 0 Å². The molecule has 96 valence electrons. The van der Waals surface area contributed by atoms with Crippen LogP contribution in [0.3, 0.4) is 0 Å². The zero-order chi connectivity index (χ0) is 13.8. The molecular weight excluding hydrogens is 232 g/mol. The molecule has 0 bridgehead atoms. The first-order valence-electron chi connectivity index (χ1n) is 6.41.